The van der Waals surface area contributed by atoms with Gasteiger partial charge in [-0.3, -0.25) is 4.79 Å². The fourth-order valence-electron chi connectivity index (χ4n) is 2.53. The number of thiophene rings is 1. The lowest BCUT2D eigenvalue weighted by molar-refractivity contribution is -0.126. The maximum absolute atomic E-state index is 12.2. The Kier molecular flexibility index (Phi) is 5.26. The predicted octanol–water partition coefficient (Wildman–Crippen LogP) is 4.42. The molecule has 1 saturated heterocycles. The van der Waals surface area contributed by atoms with Gasteiger partial charge >= 0.3 is 0 Å². The summed E-state index contributed by atoms with van der Waals surface area (Å²) < 4.78 is 0.729. The summed E-state index contributed by atoms with van der Waals surface area (Å²) in [5.74, 6) is 0.0419. The average molecular weight is 367 g/mol. The number of anilines is 1. The maximum atomic E-state index is 12.2. The fraction of sp³-hybridized carbons (Fsp3) is 0.235. The molecule has 1 amide bonds. The molecule has 0 aliphatic carbocycles. The van der Waals surface area contributed by atoms with Crippen LogP contribution in [-0.4, -0.2) is 37.0 Å². The van der Waals surface area contributed by atoms with Gasteiger partial charge < -0.3 is 9.80 Å². The number of carbonyl (C=O) groups excluding carboxylic acids is 1. The number of amides is 1. The van der Waals surface area contributed by atoms with E-state index in [0.29, 0.717) is 13.1 Å². The summed E-state index contributed by atoms with van der Waals surface area (Å²) in [5.41, 5.74) is 1.10. The van der Waals surface area contributed by atoms with E-state index in [4.69, 9.17) is 23.2 Å². The second-order valence-electron chi connectivity index (χ2n) is 5.27. The third-order valence-corrected chi connectivity index (χ3v) is 5.18. The van der Waals surface area contributed by atoms with Gasteiger partial charge in [0.1, 0.15) is 0 Å². The molecule has 1 aromatic carbocycles. The minimum absolute atomic E-state index is 0.0419. The first kappa shape index (κ1) is 16.4. The zero-order valence-electron chi connectivity index (χ0n) is 12.4. The normalized spacial score (nSPS) is 15.4. The molecule has 2 heterocycles. The van der Waals surface area contributed by atoms with Gasteiger partial charge in [0.15, 0.2) is 0 Å². The predicted molar refractivity (Wildman–Crippen MR) is 98.6 cm³/mol. The van der Waals surface area contributed by atoms with Crippen LogP contribution < -0.4 is 4.90 Å². The zero-order valence-corrected chi connectivity index (χ0v) is 14.7. The van der Waals surface area contributed by atoms with Gasteiger partial charge in [-0.05, 0) is 36.4 Å². The molecule has 0 spiro atoms. The second kappa shape index (κ2) is 7.39. The van der Waals surface area contributed by atoms with Crippen molar-refractivity contribution in [2.45, 2.75) is 0 Å². The summed E-state index contributed by atoms with van der Waals surface area (Å²) in [6, 6.07) is 11.6. The summed E-state index contributed by atoms with van der Waals surface area (Å²) >= 11 is 13.4. The van der Waals surface area contributed by atoms with E-state index in [9.17, 15) is 4.79 Å². The fourth-order valence-corrected chi connectivity index (χ4v) is 3.68. The monoisotopic (exact) mass is 366 g/mol. The lowest BCUT2D eigenvalue weighted by Gasteiger charge is -2.35. The van der Waals surface area contributed by atoms with Crippen molar-refractivity contribution in [2.24, 2.45) is 0 Å². The molecule has 6 heteroatoms. The minimum atomic E-state index is 0.0419. The van der Waals surface area contributed by atoms with Crippen molar-refractivity contribution < 1.29 is 4.79 Å². The van der Waals surface area contributed by atoms with Crippen molar-refractivity contribution in [2.75, 3.05) is 31.1 Å². The van der Waals surface area contributed by atoms with Crippen LogP contribution in [0.3, 0.4) is 0 Å². The minimum Gasteiger partial charge on any atom is -0.368 e. The Morgan fingerprint density at radius 2 is 1.87 bits per heavy atom. The lowest BCUT2D eigenvalue weighted by atomic mass is 10.2. The first-order valence-corrected chi connectivity index (χ1v) is 8.92. The summed E-state index contributed by atoms with van der Waals surface area (Å²) in [7, 11) is 0. The van der Waals surface area contributed by atoms with Crippen molar-refractivity contribution in [1.82, 2.24) is 4.90 Å². The number of hydrogen-bond acceptors (Lipinski definition) is 3. The number of benzene rings is 1. The smallest absolute Gasteiger partial charge is 0.246 e. The van der Waals surface area contributed by atoms with E-state index in [0.717, 1.165) is 33.0 Å². The molecule has 3 rings (SSSR count). The Hall–Kier alpha value is -1.49. The van der Waals surface area contributed by atoms with Gasteiger partial charge in [-0.1, -0.05) is 29.3 Å². The number of rotatable bonds is 3. The first-order valence-electron chi connectivity index (χ1n) is 7.35. The number of nitrogens with zero attached hydrogens (tertiary/aromatic N) is 2. The maximum Gasteiger partial charge on any atom is 0.246 e. The van der Waals surface area contributed by atoms with Crippen molar-refractivity contribution >= 4 is 52.2 Å². The molecular weight excluding hydrogens is 351 g/mol. The van der Waals surface area contributed by atoms with Gasteiger partial charge in [0, 0.05) is 47.8 Å². The highest BCUT2D eigenvalue weighted by atomic mass is 35.5. The summed E-state index contributed by atoms with van der Waals surface area (Å²) in [6.07, 6.45) is 3.44. The molecule has 23 heavy (non-hydrogen) atoms. The van der Waals surface area contributed by atoms with Gasteiger partial charge in [0.2, 0.25) is 5.91 Å². The van der Waals surface area contributed by atoms with E-state index in [-0.39, 0.29) is 5.91 Å². The van der Waals surface area contributed by atoms with Crippen LogP contribution in [0.15, 0.2) is 42.5 Å². The van der Waals surface area contributed by atoms with Gasteiger partial charge in [-0.2, -0.15) is 0 Å². The van der Waals surface area contributed by atoms with Crippen LogP contribution in [0.5, 0.6) is 0 Å². The molecule has 0 atom stereocenters. The molecule has 2 aromatic rings. The Balaban J connectivity index is 1.56. The van der Waals surface area contributed by atoms with E-state index < -0.39 is 0 Å². The van der Waals surface area contributed by atoms with Crippen molar-refractivity contribution in [3.63, 3.8) is 0 Å². The Labute approximate surface area is 149 Å². The molecule has 0 radical (unpaired) electrons. The van der Waals surface area contributed by atoms with Crippen molar-refractivity contribution in [1.29, 1.82) is 0 Å². The van der Waals surface area contributed by atoms with Crippen LogP contribution in [-0.2, 0) is 4.79 Å². The first-order chi connectivity index (χ1) is 11.1. The third kappa shape index (κ3) is 4.28. The van der Waals surface area contributed by atoms with Crippen LogP contribution in [0.2, 0.25) is 9.36 Å². The molecule has 1 aromatic heterocycles. The van der Waals surface area contributed by atoms with E-state index in [1.54, 1.807) is 6.08 Å². The van der Waals surface area contributed by atoms with Gasteiger partial charge in [-0.15, -0.1) is 11.3 Å². The van der Waals surface area contributed by atoms with E-state index >= 15 is 0 Å². The molecule has 120 valence electrons. The van der Waals surface area contributed by atoms with E-state index in [2.05, 4.69) is 4.90 Å². The zero-order chi connectivity index (χ0) is 16.2. The van der Waals surface area contributed by atoms with Crippen LogP contribution in [0.1, 0.15) is 4.88 Å². The molecule has 1 fully saturated rings. The van der Waals surface area contributed by atoms with Gasteiger partial charge in [0.05, 0.1) is 4.34 Å². The highest BCUT2D eigenvalue weighted by molar-refractivity contribution is 7.17. The molecule has 3 nitrogen and oxygen atoms in total. The van der Waals surface area contributed by atoms with E-state index in [1.807, 2.05) is 47.4 Å². The molecule has 0 unspecified atom stereocenters. The van der Waals surface area contributed by atoms with Crippen molar-refractivity contribution in [3.05, 3.63) is 56.7 Å². The van der Waals surface area contributed by atoms with Crippen molar-refractivity contribution in [3.8, 4) is 0 Å². The van der Waals surface area contributed by atoms with Crippen LogP contribution >= 0.6 is 34.5 Å². The molecule has 1 aliphatic heterocycles. The largest absolute Gasteiger partial charge is 0.368 e. The molecule has 0 saturated carbocycles. The number of hydrogen-bond donors (Lipinski definition) is 0. The lowest BCUT2D eigenvalue weighted by Crippen LogP contribution is -2.48. The summed E-state index contributed by atoms with van der Waals surface area (Å²) in [4.78, 5) is 17.3. The Morgan fingerprint density at radius 3 is 2.52 bits per heavy atom. The highest BCUT2D eigenvalue weighted by Gasteiger charge is 2.19. The van der Waals surface area contributed by atoms with Gasteiger partial charge in [-0.25, -0.2) is 0 Å². The Morgan fingerprint density at radius 1 is 1.09 bits per heavy atom. The third-order valence-electron chi connectivity index (χ3n) is 3.75. The molecular formula is C17H16Cl2N2OS. The topological polar surface area (TPSA) is 23.6 Å². The second-order valence-corrected chi connectivity index (χ2v) is 7.45. The van der Waals surface area contributed by atoms with Crippen LogP contribution in [0.25, 0.3) is 6.08 Å². The molecule has 0 N–H and O–H groups in total. The van der Waals surface area contributed by atoms with Crippen LogP contribution in [0.4, 0.5) is 5.69 Å². The number of piperazine rings is 1. The number of halogens is 2. The Bertz CT molecular complexity index is 721. The molecule has 0 bridgehead atoms. The standard InChI is InChI=1S/C17H16Cl2N2OS/c18-13-2-1-3-14(12-13)20-8-10-21(11-9-20)17(22)7-5-15-4-6-16(19)23-15/h1-7,12H,8-11H2/b7-5+. The SMILES string of the molecule is O=C(/C=C/c1ccc(Cl)s1)N1CCN(c2cccc(Cl)c2)CC1. The molecule has 1 aliphatic rings. The highest BCUT2D eigenvalue weighted by Crippen LogP contribution is 2.23. The quantitative estimate of drug-likeness (QED) is 0.750. The summed E-state index contributed by atoms with van der Waals surface area (Å²) in [5, 5.41) is 0.735. The number of carbonyl (C=O) groups is 1. The van der Waals surface area contributed by atoms with Gasteiger partial charge in [0.25, 0.3) is 0 Å². The average Bonchev–Trinajstić information content (AvgIpc) is 2.98. The summed E-state index contributed by atoms with van der Waals surface area (Å²) in [6.45, 7) is 3.04. The van der Waals surface area contributed by atoms with Crippen LogP contribution in [0, 0.1) is 0 Å². The van der Waals surface area contributed by atoms with E-state index in [1.165, 1.54) is 11.3 Å².